The topological polar surface area (TPSA) is 55.4 Å². The van der Waals surface area contributed by atoms with Crippen molar-refractivity contribution in [3.63, 3.8) is 0 Å². The zero-order valence-electron chi connectivity index (χ0n) is 17.4. The molecule has 1 heterocycles. The molecule has 0 atom stereocenters. The molecule has 0 spiro atoms. The fraction of sp³-hybridized carbons (Fsp3) is 0.348. The summed E-state index contributed by atoms with van der Waals surface area (Å²) < 4.78 is 13.5. The second-order valence-corrected chi connectivity index (χ2v) is 7.26. The number of fused-ring (bicyclic) bond motifs is 1. The van der Waals surface area contributed by atoms with Gasteiger partial charge in [-0.25, -0.2) is 4.39 Å². The maximum atomic E-state index is 13.5. The van der Waals surface area contributed by atoms with E-state index in [4.69, 9.17) is 0 Å². The molecule has 1 aromatic heterocycles. The number of aliphatic imine (C=N–C) groups is 1. The number of aromatic nitrogens is 1. The van der Waals surface area contributed by atoms with Gasteiger partial charge in [0.1, 0.15) is 5.82 Å². The summed E-state index contributed by atoms with van der Waals surface area (Å²) in [7, 11) is 3.89. The molecular formula is C23H30FN5. The van der Waals surface area contributed by atoms with Gasteiger partial charge in [0.2, 0.25) is 0 Å². The van der Waals surface area contributed by atoms with Gasteiger partial charge >= 0.3 is 0 Å². The van der Waals surface area contributed by atoms with Crippen LogP contribution in [0.3, 0.4) is 0 Å². The smallest absolute Gasteiger partial charge is 0.191 e. The number of guanidine groups is 1. The molecule has 0 aliphatic heterocycles. The van der Waals surface area contributed by atoms with Gasteiger partial charge in [-0.15, -0.1) is 0 Å². The van der Waals surface area contributed by atoms with E-state index in [0.29, 0.717) is 13.1 Å². The highest BCUT2D eigenvalue weighted by Crippen LogP contribution is 2.19. The minimum atomic E-state index is -0.212. The summed E-state index contributed by atoms with van der Waals surface area (Å²) in [5.74, 6) is 0.545. The third kappa shape index (κ3) is 5.81. The zero-order chi connectivity index (χ0) is 20.6. The highest BCUT2D eigenvalue weighted by Gasteiger charge is 2.06. The fourth-order valence-corrected chi connectivity index (χ4v) is 3.34. The number of H-pyrrole nitrogens is 1. The van der Waals surface area contributed by atoms with Crippen molar-refractivity contribution in [1.29, 1.82) is 0 Å². The van der Waals surface area contributed by atoms with E-state index in [1.165, 1.54) is 17.2 Å². The van der Waals surface area contributed by atoms with Crippen LogP contribution in [0.4, 0.5) is 4.39 Å². The Kier molecular flexibility index (Phi) is 7.25. The lowest BCUT2D eigenvalue weighted by Gasteiger charge is -2.15. The SMILES string of the molecule is CCN(C)Cc1cccc(CNC(=NC)NCCc2c[nH]c3ccc(F)cc23)c1. The van der Waals surface area contributed by atoms with Gasteiger partial charge in [-0.05, 0) is 54.9 Å². The maximum absolute atomic E-state index is 13.5. The molecule has 6 heteroatoms. The fourth-order valence-electron chi connectivity index (χ4n) is 3.34. The summed E-state index contributed by atoms with van der Waals surface area (Å²) in [5.41, 5.74) is 4.58. The van der Waals surface area contributed by atoms with E-state index in [1.54, 1.807) is 19.2 Å². The van der Waals surface area contributed by atoms with Crippen molar-refractivity contribution in [2.45, 2.75) is 26.4 Å². The summed E-state index contributed by atoms with van der Waals surface area (Å²) in [4.78, 5) is 9.78. The minimum Gasteiger partial charge on any atom is -0.361 e. The van der Waals surface area contributed by atoms with Crippen LogP contribution in [-0.2, 0) is 19.5 Å². The lowest BCUT2D eigenvalue weighted by Crippen LogP contribution is -2.37. The molecule has 2 aromatic carbocycles. The van der Waals surface area contributed by atoms with Crippen molar-refractivity contribution >= 4 is 16.9 Å². The van der Waals surface area contributed by atoms with Gasteiger partial charge in [0.15, 0.2) is 5.96 Å². The zero-order valence-corrected chi connectivity index (χ0v) is 17.4. The number of rotatable bonds is 8. The summed E-state index contributed by atoms with van der Waals surface area (Å²) in [6, 6.07) is 13.4. The molecule has 0 unspecified atom stereocenters. The van der Waals surface area contributed by atoms with Gasteiger partial charge < -0.3 is 20.5 Å². The second kappa shape index (κ2) is 10.1. The molecule has 0 radical (unpaired) electrons. The Balaban J connectivity index is 1.51. The predicted octanol–water partition coefficient (Wildman–Crippen LogP) is 3.67. The van der Waals surface area contributed by atoms with Crippen LogP contribution in [0.2, 0.25) is 0 Å². The molecule has 0 amide bonds. The first-order chi connectivity index (χ1) is 14.1. The third-order valence-corrected chi connectivity index (χ3v) is 5.08. The molecule has 0 saturated carbocycles. The Morgan fingerprint density at radius 1 is 1.14 bits per heavy atom. The maximum Gasteiger partial charge on any atom is 0.191 e. The number of nitrogens with one attached hydrogen (secondary N) is 3. The van der Waals surface area contributed by atoms with Crippen LogP contribution in [0, 0.1) is 5.82 Å². The quantitative estimate of drug-likeness (QED) is 0.403. The Labute approximate surface area is 172 Å². The van der Waals surface area contributed by atoms with Crippen molar-refractivity contribution in [2.24, 2.45) is 4.99 Å². The Morgan fingerprint density at radius 2 is 1.97 bits per heavy atom. The first kappa shape index (κ1) is 20.9. The molecule has 154 valence electrons. The van der Waals surface area contributed by atoms with Crippen LogP contribution < -0.4 is 10.6 Å². The van der Waals surface area contributed by atoms with Gasteiger partial charge in [-0.1, -0.05) is 31.2 Å². The van der Waals surface area contributed by atoms with Crippen LogP contribution in [0.25, 0.3) is 10.9 Å². The van der Waals surface area contributed by atoms with E-state index < -0.39 is 0 Å². The first-order valence-corrected chi connectivity index (χ1v) is 10.1. The number of benzene rings is 2. The molecule has 29 heavy (non-hydrogen) atoms. The summed E-state index contributed by atoms with van der Waals surface area (Å²) in [6.07, 6.45) is 2.73. The Bertz CT molecular complexity index is 963. The molecule has 0 bridgehead atoms. The number of aromatic amines is 1. The molecule has 0 aliphatic carbocycles. The van der Waals surface area contributed by atoms with Crippen LogP contribution in [0.1, 0.15) is 23.6 Å². The average molecular weight is 396 g/mol. The molecule has 5 nitrogen and oxygen atoms in total. The molecule has 3 aromatic rings. The highest BCUT2D eigenvalue weighted by atomic mass is 19.1. The number of hydrogen-bond acceptors (Lipinski definition) is 2. The van der Waals surface area contributed by atoms with Gasteiger partial charge in [0, 0.05) is 43.8 Å². The van der Waals surface area contributed by atoms with Crippen molar-refractivity contribution in [2.75, 3.05) is 27.2 Å². The highest BCUT2D eigenvalue weighted by molar-refractivity contribution is 5.83. The van der Waals surface area contributed by atoms with Crippen LogP contribution in [0.5, 0.6) is 0 Å². The number of hydrogen-bond donors (Lipinski definition) is 3. The van der Waals surface area contributed by atoms with Gasteiger partial charge in [-0.3, -0.25) is 4.99 Å². The van der Waals surface area contributed by atoms with Gasteiger partial charge in [0.05, 0.1) is 0 Å². The van der Waals surface area contributed by atoms with E-state index in [9.17, 15) is 4.39 Å². The van der Waals surface area contributed by atoms with E-state index in [-0.39, 0.29) is 5.82 Å². The lowest BCUT2D eigenvalue weighted by molar-refractivity contribution is 0.345. The van der Waals surface area contributed by atoms with Crippen LogP contribution in [-0.4, -0.2) is 43.0 Å². The Hall–Kier alpha value is -2.86. The van der Waals surface area contributed by atoms with E-state index in [2.05, 4.69) is 63.7 Å². The van der Waals surface area contributed by atoms with Crippen molar-refractivity contribution in [3.05, 3.63) is 71.2 Å². The largest absolute Gasteiger partial charge is 0.361 e. The third-order valence-electron chi connectivity index (χ3n) is 5.08. The van der Waals surface area contributed by atoms with E-state index in [1.807, 2.05) is 6.20 Å². The number of nitrogens with zero attached hydrogens (tertiary/aromatic N) is 2. The van der Waals surface area contributed by atoms with Crippen LogP contribution in [0.15, 0.2) is 53.7 Å². The summed E-state index contributed by atoms with van der Waals surface area (Å²) >= 11 is 0. The molecular weight excluding hydrogens is 365 g/mol. The summed E-state index contributed by atoms with van der Waals surface area (Å²) in [6.45, 7) is 5.56. The molecule has 0 aliphatic rings. The monoisotopic (exact) mass is 395 g/mol. The standard InChI is InChI=1S/C23H30FN5/c1-4-29(3)16-18-7-5-6-17(12-18)14-28-23(25-2)26-11-10-19-15-27-22-9-8-20(24)13-21(19)22/h5-9,12-13,15,27H,4,10-11,14,16H2,1-3H3,(H2,25,26,28). The van der Waals surface area contributed by atoms with Gasteiger partial charge in [-0.2, -0.15) is 0 Å². The minimum absolute atomic E-state index is 0.212. The van der Waals surface area contributed by atoms with Crippen molar-refractivity contribution in [3.8, 4) is 0 Å². The van der Waals surface area contributed by atoms with Crippen molar-refractivity contribution in [1.82, 2.24) is 20.5 Å². The van der Waals surface area contributed by atoms with Crippen molar-refractivity contribution < 1.29 is 4.39 Å². The van der Waals surface area contributed by atoms with Crippen LogP contribution >= 0.6 is 0 Å². The Morgan fingerprint density at radius 3 is 2.76 bits per heavy atom. The molecule has 3 rings (SSSR count). The lowest BCUT2D eigenvalue weighted by atomic mass is 10.1. The van der Waals surface area contributed by atoms with E-state index in [0.717, 1.165) is 41.9 Å². The average Bonchev–Trinajstić information content (AvgIpc) is 3.12. The summed E-state index contributed by atoms with van der Waals surface area (Å²) in [5, 5.41) is 7.63. The second-order valence-electron chi connectivity index (χ2n) is 7.26. The molecule has 3 N–H and O–H groups in total. The van der Waals surface area contributed by atoms with E-state index >= 15 is 0 Å². The normalized spacial score (nSPS) is 12.0. The molecule has 0 saturated heterocycles. The predicted molar refractivity (Wildman–Crippen MR) is 119 cm³/mol. The number of halogens is 1. The molecule has 0 fully saturated rings. The van der Waals surface area contributed by atoms with Gasteiger partial charge in [0.25, 0.3) is 0 Å². The first-order valence-electron chi connectivity index (χ1n) is 10.1.